The van der Waals surface area contributed by atoms with Gasteiger partial charge < -0.3 is 19.3 Å². The standard InChI is InChI=1S/C25H28N6O4/c1-34-18-6-8-22(35-2)19(15-18)21-7-9-24(32)31(28-21)16-25(33)30-12-10-29(11-13-30)23-14-17-4-3-5-20(17)26-27-23/h6-9,14-15H,3-5,10-13,16H2,1-2H3. The van der Waals surface area contributed by atoms with E-state index in [1.165, 1.54) is 16.3 Å². The van der Waals surface area contributed by atoms with E-state index in [2.05, 4.69) is 26.3 Å². The molecule has 10 heteroatoms. The maximum atomic E-state index is 13.0. The molecule has 0 radical (unpaired) electrons. The van der Waals surface area contributed by atoms with E-state index in [9.17, 15) is 9.59 Å². The molecule has 1 amide bonds. The van der Waals surface area contributed by atoms with Crippen molar-refractivity contribution in [1.82, 2.24) is 24.9 Å². The summed E-state index contributed by atoms with van der Waals surface area (Å²) in [5.41, 5.74) is 3.25. The Morgan fingerprint density at radius 2 is 1.80 bits per heavy atom. The Balaban J connectivity index is 1.27. The fraction of sp³-hybridized carbons (Fsp3) is 0.400. The number of rotatable bonds is 6. The van der Waals surface area contributed by atoms with Crippen molar-refractivity contribution in [3.05, 3.63) is 58.0 Å². The van der Waals surface area contributed by atoms with E-state index in [1.807, 2.05) is 0 Å². The largest absolute Gasteiger partial charge is 0.497 e. The molecule has 0 spiro atoms. The zero-order chi connectivity index (χ0) is 24.4. The quantitative estimate of drug-likeness (QED) is 0.528. The summed E-state index contributed by atoms with van der Waals surface area (Å²) < 4.78 is 12.0. The minimum Gasteiger partial charge on any atom is -0.497 e. The van der Waals surface area contributed by atoms with Gasteiger partial charge in [-0.05, 0) is 55.2 Å². The zero-order valence-corrected chi connectivity index (χ0v) is 19.9. The first-order valence-corrected chi connectivity index (χ1v) is 11.7. The summed E-state index contributed by atoms with van der Waals surface area (Å²) in [6, 6.07) is 10.5. The van der Waals surface area contributed by atoms with Crippen LogP contribution in [0, 0.1) is 0 Å². The molecular formula is C25H28N6O4. The number of fused-ring (bicyclic) bond motifs is 1. The normalized spacial score (nSPS) is 15.1. The number of amides is 1. The molecule has 1 saturated heterocycles. The summed E-state index contributed by atoms with van der Waals surface area (Å²) >= 11 is 0. The molecule has 0 N–H and O–H groups in total. The van der Waals surface area contributed by atoms with Crippen LogP contribution in [0.5, 0.6) is 11.5 Å². The molecule has 182 valence electrons. The van der Waals surface area contributed by atoms with Crippen molar-refractivity contribution in [2.24, 2.45) is 0 Å². The highest BCUT2D eigenvalue weighted by atomic mass is 16.5. The van der Waals surface area contributed by atoms with E-state index in [0.29, 0.717) is 48.9 Å². The van der Waals surface area contributed by atoms with Crippen LogP contribution in [0.15, 0.2) is 41.2 Å². The molecule has 1 aromatic carbocycles. The SMILES string of the molecule is COc1ccc(OC)c(-c2ccc(=O)n(CC(=O)N3CCN(c4cc5c(nn4)CCC5)CC3)n2)c1. The third-order valence-electron chi connectivity index (χ3n) is 6.60. The maximum Gasteiger partial charge on any atom is 0.267 e. The fourth-order valence-electron chi connectivity index (χ4n) is 4.60. The van der Waals surface area contributed by atoms with Gasteiger partial charge in [0, 0.05) is 37.8 Å². The molecule has 5 rings (SSSR count). The number of hydrogen-bond donors (Lipinski definition) is 0. The number of ether oxygens (including phenoxy) is 2. The van der Waals surface area contributed by atoms with Gasteiger partial charge in [0.25, 0.3) is 5.56 Å². The van der Waals surface area contributed by atoms with Crippen molar-refractivity contribution < 1.29 is 14.3 Å². The molecule has 0 unspecified atom stereocenters. The fourth-order valence-corrected chi connectivity index (χ4v) is 4.60. The Kier molecular flexibility index (Phi) is 6.35. The maximum absolute atomic E-state index is 13.0. The monoisotopic (exact) mass is 476 g/mol. The smallest absolute Gasteiger partial charge is 0.267 e. The molecule has 0 atom stereocenters. The number of benzene rings is 1. The first-order chi connectivity index (χ1) is 17.1. The molecule has 1 fully saturated rings. The van der Waals surface area contributed by atoms with Crippen LogP contribution in [0.3, 0.4) is 0 Å². The van der Waals surface area contributed by atoms with Gasteiger partial charge in [0.2, 0.25) is 5.91 Å². The second-order valence-electron chi connectivity index (χ2n) is 8.68. The van der Waals surface area contributed by atoms with E-state index in [1.54, 1.807) is 43.4 Å². The summed E-state index contributed by atoms with van der Waals surface area (Å²) in [6.07, 6.45) is 3.19. The molecule has 3 aromatic rings. The van der Waals surface area contributed by atoms with Crippen molar-refractivity contribution >= 4 is 11.7 Å². The minimum atomic E-state index is -0.337. The third-order valence-corrected chi connectivity index (χ3v) is 6.60. The number of carbonyl (C=O) groups is 1. The van der Waals surface area contributed by atoms with Gasteiger partial charge in [-0.25, -0.2) is 4.68 Å². The molecule has 10 nitrogen and oxygen atoms in total. The van der Waals surface area contributed by atoms with Crippen molar-refractivity contribution in [2.45, 2.75) is 25.8 Å². The average Bonchev–Trinajstić information content (AvgIpc) is 3.37. The van der Waals surface area contributed by atoms with Gasteiger partial charge in [-0.3, -0.25) is 9.59 Å². The molecule has 0 saturated carbocycles. The topological polar surface area (TPSA) is 103 Å². The second kappa shape index (κ2) is 9.73. The van der Waals surface area contributed by atoms with E-state index >= 15 is 0 Å². The Bertz CT molecular complexity index is 1300. The lowest BCUT2D eigenvalue weighted by atomic mass is 10.1. The van der Waals surface area contributed by atoms with Crippen LogP contribution in [0.25, 0.3) is 11.3 Å². The van der Waals surface area contributed by atoms with Crippen LogP contribution in [-0.4, -0.2) is 71.2 Å². The number of aryl methyl sites for hydroxylation is 2. The van der Waals surface area contributed by atoms with Crippen molar-refractivity contribution in [1.29, 1.82) is 0 Å². The van der Waals surface area contributed by atoms with E-state index < -0.39 is 0 Å². The van der Waals surface area contributed by atoms with Gasteiger partial charge in [0.1, 0.15) is 18.0 Å². The second-order valence-corrected chi connectivity index (χ2v) is 8.68. The Hall–Kier alpha value is -3.95. The highest BCUT2D eigenvalue weighted by Crippen LogP contribution is 2.31. The van der Waals surface area contributed by atoms with Crippen molar-refractivity contribution in [3.63, 3.8) is 0 Å². The number of nitrogens with zero attached hydrogens (tertiary/aromatic N) is 6. The van der Waals surface area contributed by atoms with Gasteiger partial charge in [-0.2, -0.15) is 10.2 Å². The van der Waals surface area contributed by atoms with E-state index in [-0.39, 0.29) is 18.0 Å². The van der Waals surface area contributed by atoms with Gasteiger partial charge in [-0.1, -0.05) is 0 Å². The number of anilines is 1. The molecule has 3 heterocycles. The van der Waals surface area contributed by atoms with Crippen LogP contribution >= 0.6 is 0 Å². The van der Waals surface area contributed by atoms with Crippen LogP contribution in [0.2, 0.25) is 0 Å². The zero-order valence-electron chi connectivity index (χ0n) is 19.9. The van der Waals surface area contributed by atoms with Crippen LogP contribution in [0.4, 0.5) is 5.82 Å². The van der Waals surface area contributed by atoms with Crippen molar-refractivity contribution in [3.8, 4) is 22.8 Å². The number of piperazine rings is 1. The first kappa shape index (κ1) is 22.8. The summed E-state index contributed by atoms with van der Waals surface area (Å²) in [4.78, 5) is 29.4. The van der Waals surface area contributed by atoms with Crippen LogP contribution in [0.1, 0.15) is 17.7 Å². The summed E-state index contributed by atoms with van der Waals surface area (Å²) in [6.45, 7) is 2.31. The lowest BCUT2D eigenvalue weighted by Crippen LogP contribution is -2.50. The summed E-state index contributed by atoms with van der Waals surface area (Å²) in [5.74, 6) is 1.97. The first-order valence-electron chi connectivity index (χ1n) is 11.7. The number of aromatic nitrogens is 4. The number of methoxy groups -OCH3 is 2. The summed E-state index contributed by atoms with van der Waals surface area (Å²) in [7, 11) is 3.15. The highest BCUT2D eigenvalue weighted by molar-refractivity contribution is 5.76. The Morgan fingerprint density at radius 1 is 0.971 bits per heavy atom. The van der Waals surface area contributed by atoms with E-state index in [0.717, 1.165) is 30.8 Å². The predicted molar refractivity (Wildman–Crippen MR) is 130 cm³/mol. The molecule has 35 heavy (non-hydrogen) atoms. The Labute approximate surface area is 203 Å². The lowest BCUT2D eigenvalue weighted by Gasteiger charge is -2.35. The molecule has 1 aliphatic carbocycles. The Morgan fingerprint density at radius 3 is 2.57 bits per heavy atom. The highest BCUT2D eigenvalue weighted by Gasteiger charge is 2.24. The number of carbonyl (C=O) groups excluding carboxylic acids is 1. The predicted octanol–water partition coefficient (Wildman–Crippen LogP) is 1.55. The van der Waals surface area contributed by atoms with E-state index in [4.69, 9.17) is 9.47 Å². The van der Waals surface area contributed by atoms with Crippen molar-refractivity contribution in [2.75, 3.05) is 45.3 Å². The van der Waals surface area contributed by atoms with Gasteiger partial charge in [0.05, 0.1) is 25.6 Å². The molecule has 2 aromatic heterocycles. The molecule has 1 aliphatic heterocycles. The van der Waals surface area contributed by atoms with Gasteiger partial charge in [0.15, 0.2) is 5.82 Å². The van der Waals surface area contributed by atoms with Crippen LogP contribution in [-0.2, 0) is 24.2 Å². The average molecular weight is 477 g/mol. The molecule has 0 bridgehead atoms. The summed E-state index contributed by atoms with van der Waals surface area (Å²) in [5, 5.41) is 13.2. The van der Waals surface area contributed by atoms with Gasteiger partial charge in [-0.15, -0.1) is 5.10 Å². The van der Waals surface area contributed by atoms with Gasteiger partial charge >= 0.3 is 0 Å². The molecule has 2 aliphatic rings. The molecular weight excluding hydrogens is 448 g/mol. The lowest BCUT2D eigenvalue weighted by molar-refractivity contribution is -0.132. The number of hydrogen-bond acceptors (Lipinski definition) is 8. The minimum absolute atomic E-state index is 0.127. The third kappa shape index (κ3) is 4.68. The van der Waals surface area contributed by atoms with Crippen LogP contribution < -0.4 is 19.9 Å².